The van der Waals surface area contributed by atoms with E-state index < -0.39 is 66.1 Å². The summed E-state index contributed by atoms with van der Waals surface area (Å²) in [6, 6.07) is -5.21. The monoisotopic (exact) mass is 544 g/mol. The number of nitrogens with two attached hydrogens (primary N) is 6. The van der Waals surface area contributed by atoms with Crippen molar-refractivity contribution in [3.63, 3.8) is 0 Å². The van der Waals surface area contributed by atoms with Crippen molar-refractivity contribution in [2.75, 3.05) is 13.1 Å². The third-order valence-corrected chi connectivity index (χ3v) is 5.22. The number of primary amides is 2. The third kappa shape index (κ3) is 15.2. The lowest BCUT2D eigenvalue weighted by atomic mass is 10.0. The van der Waals surface area contributed by atoms with Crippen LogP contribution >= 0.6 is 0 Å². The van der Waals surface area contributed by atoms with E-state index in [-0.39, 0.29) is 38.2 Å². The lowest BCUT2D eigenvalue weighted by molar-refractivity contribution is -0.142. The van der Waals surface area contributed by atoms with Crippen LogP contribution in [-0.2, 0) is 28.8 Å². The van der Waals surface area contributed by atoms with Crippen LogP contribution in [0.4, 0.5) is 0 Å². The summed E-state index contributed by atoms with van der Waals surface area (Å²) in [7, 11) is 0. The van der Waals surface area contributed by atoms with E-state index in [0.29, 0.717) is 25.8 Å². The number of unbranched alkanes of at least 4 members (excludes halogenated alkanes) is 1. The molecule has 0 aromatic rings. The van der Waals surface area contributed by atoms with Gasteiger partial charge in [-0.1, -0.05) is 0 Å². The van der Waals surface area contributed by atoms with Crippen LogP contribution < -0.4 is 50.4 Å². The average Bonchev–Trinajstić information content (AvgIpc) is 2.82. The van der Waals surface area contributed by atoms with E-state index in [2.05, 4.69) is 20.9 Å². The van der Waals surface area contributed by atoms with Gasteiger partial charge in [0.25, 0.3) is 0 Å². The van der Waals surface area contributed by atoms with Gasteiger partial charge in [0.1, 0.15) is 18.1 Å². The van der Waals surface area contributed by atoms with E-state index in [1.165, 1.54) is 0 Å². The van der Waals surface area contributed by atoms with E-state index in [4.69, 9.17) is 34.4 Å². The maximum absolute atomic E-state index is 13.0. The highest BCUT2D eigenvalue weighted by atomic mass is 16.4. The van der Waals surface area contributed by atoms with Gasteiger partial charge in [-0.25, -0.2) is 4.79 Å². The summed E-state index contributed by atoms with van der Waals surface area (Å²) in [6.07, 6.45) is 0.343. The molecule has 0 fully saturated rings. The lowest BCUT2D eigenvalue weighted by Gasteiger charge is -2.25. The van der Waals surface area contributed by atoms with Crippen LogP contribution in [0.1, 0.15) is 51.4 Å². The molecular formula is C21H40N10O7. The molecule has 38 heavy (non-hydrogen) atoms. The van der Waals surface area contributed by atoms with Crippen molar-refractivity contribution in [3.05, 3.63) is 0 Å². The van der Waals surface area contributed by atoms with Crippen molar-refractivity contribution < 1.29 is 33.9 Å². The molecule has 5 amide bonds. The molecule has 0 radical (unpaired) electrons. The van der Waals surface area contributed by atoms with Crippen LogP contribution in [0.5, 0.6) is 0 Å². The topological polar surface area (TPSA) is 327 Å². The van der Waals surface area contributed by atoms with Gasteiger partial charge in [0.05, 0.1) is 12.5 Å². The third-order valence-electron chi connectivity index (χ3n) is 5.22. The van der Waals surface area contributed by atoms with E-state index in [1.807, 2.05) is 0 Å². The molecule has 0 saturated heterocycles. The molecule has 17 heteroatoms. The van der Waals surface area contributed by atoms with Gasteiger partial charge in [0.15, 0.2) is 5.96 Å². The summed E-state index contributed by atoms with van der Waals surface area (Å²) in [6.45, 7) is 0.533. The van der Waals surface area contributed by atoms with Crippen LogP contribution in [0.15, 0.2) is 4.99 Å². The van der Waals surface area contributed by atoms with Gasteiger partial charge in [0.2, 0.25) is 29.5 Å². The minimum absolute atomic E-state index is 0.0679. The van der Waals surface area contributed by atoms with Crippen molar-refractivity contribution in [1.82, 2.24) is 16.0 Å². The fraction of sp³-hybridized carbons (Fsp3) is 0.667. The second-order valence-electron chi connectivity index (χ2n) is 8.54. The number of carbonyl (C=O) groups is 6. The van der Waals surface area contributed by atoms with Crippen molar-refractivity contribution in [2.24, 2.45) is 39.4 Å². The lowest BCUT2D eigenvalue weighted by Crippen LogP contribution is -2.57. The zero-order valence-corrected chi connectivity index (χ0v) is 21.2. The molecular weight excluding hydrogens is 504 g/mol. The van der Waals surface area contributed by atoms with Crippen molar-refractivity contribution >= 4 is 41.5 Å². The number of carboxylic acids is 1. The number of nitrogens with one attached hydrogen (secondary N) is 3. The van der Waals surface area contributed by atoms with Crippen LogP contribution in [0.25, 0.3) is 0 Å². The molecule has 0 spiro atoms. The maximum Gasteiger partial charge on any atom is 0.326 e. The zero-order chi connectivity index (χ0) is 29.3. The quantitative estimate of drug-likeness (QED) is 0.0393. The minimum atomic E-state index is -1.46. The Morgan fingerprint density at radius 2 is 1.29 bits per heavy atom. The Morgan fingerprint density at radius 1 is 0.711 bits per heavy atom. The van der Waals surface area contributed by atoms with Gasteiger partial charge >= 0.3 is 5.97 Å². The number of hydrogen-bond donors (Lipinski definition) is 10. The van der Waals surface area contributed by atoms with Crippen LogP contribution in [-0.4, -0.2) is 83.8 Å². The van der Waals surface area contributed by atoms with E-state index in [1.54, 1.807) is 0 Å². The van der Waals surface area contributed by atoms with E-state index in [9.17, 15) is 33.9 Å². The summed E-state index contributed by atoms with van der Waals surface area (Å²) in [5.41, 5.74) is 32.1. The van der Waals surface area contributed by atoms with Gasteiger partial charge in [-0.05, 0) is 45.1 Å². The predicted molar refractivity (Wildman–Crippen MR) is 136 cm³/mol. The Morgan fingerprint density at radius 3 is 1.82 bits per heavy atom. The van der Waals surface area contributed by atoms with Crippen LogP contribution in [0, 0.1) is 0 Å². The molecule has 0 bridgehead atoms. The Kier molecular flexibility index (Phi) is 16.4. The number of nitrogens with zero attached hydrogens (tertiary/aromatic N) is 1. The molecule has 0 aliphatic heterocycles. The molecule has 0 aliphatic carbocycles. The number of carboxylic acid groups (broad SMARTS) is 1. The van der Waals surface area contributed by atoms with E-state index in [0.717, 1.165) is 0 Å². The molecule has 16 N–H and O–H groups in total. The Balaban J connectivity index is 5.47. The average molecular weight is 545 g/mol. The second kappa shape index (κ2) is 18.3. The smallest absolute Gasteiger partial charge is 0.326 e. The standard InChI is InChI=1S/C21H40N10O7/c22-8-2-1-5-12(18(35)30-13(20(37)38)6-7-15(24)32)29-19(36)14(10-16(25)33)31-17(34)11(23)4-3-9-28-21(26)27/h11-14H,1-10,22-23H2,(H2,24,32)(H2,25,33)(H,29,36)(H,30,35)(H,31,34)(H,37,38)(H4,26,27,28). The number of aliphatic imine (C=N–C) groups is 1. The summed E-state index contributed by atoms with van der Waals surface area (Å²) in [4.78, 5) is 76.1. The molecule has 216 valence electrons. The first-order valence-corrected chi connectivity index (χ1v) is 12.0. The number of amides is 5. The molecule has 0 heterocycles. The Bertz CT molecular complexity index is 863. The van der Waals surface area contributed by atoms with Crippen molar-refractivity contribution in [3.8, 4) is 0 Å². The highest BCUT2D eigenvalue weighted by Gasteiger charge is 2.31. The van der Waals surface area contributed by atoms with E-state index >= 15 is 0 Å². The zero-order valence-electron chi connectivity index (χ0n) is 21.2. The molecule has 0 saturated carbocycles. The second-order valence-corrected chi connectivity index (χ2v) is 8.54. The Hall–Kier alpha value is -3.99. The van der Waals surface area contributed by atoms with Crippen LogP contribution in [0.2, 0.25) is 0 Å². The maximum atomic E-state index is 13.0. The number of rotatable bonds is 20. The van der Waals surface area contributed by atoms with Gasteiger partial charge in [-0.15, -0.1) is 0 Å². The first-order chi connectivity index (χ1) is 17.8. The fourth-order valence-corrected chi connectivity index (χ4v) is 3.19. The highest BCUT2D eigenvalue weighted by molar-refractivity contribution is 5.96. The first kappa shape index (κ1) is 34.0. The van der Waals surface area contributed by atoms with Gasteiger partial charge in [0, 0.05) is 13.0 Å². The number of hydrogen-bond acceptors (Lipinski definition) is 9. The number of guanidine groups is 1. The van der Waals surface area contributed by atoms with Gasteiger partial charge in [-0.2, -0.15) is 0 Å². The van der Waals surface area contributed by atoms with Gasteiger partial charge in [-0.3, -0.25) is 29.0 Å². The fourth-order valence-electron chi connectivity index (χ4n) is 3.19. The summed E-state index contributed by atoms with van der Waals surface area (Å²) >= 11 is 0. The summed E-state index contributed by atoms with van der Waals surface area (Å²) in [5, 5.41) is 16.4. The SMILES string of the molecule is NCCCCC(NC(=O)C(CC(N)=O)NC(=O)C(N)CCCN=C(N)N)C(=O)NC(CCC(N)=O)C(=O)O. The highest BCUT2D eigenvalue weighted by Crippen LogP contribution is 2.06. The molecule has 0 aliphatic rings. The predicted octanol–water partition coefficient (Wildman–Crippen LogP) is -4.82. The number of carbonyl (C=O) groups excluding carboxylic acids is 5. The molecule has 4 atom stereocenters. The van der Waals surface area contributed by atoms with Crippen molar-refractivity contribution in [1.29, 1.82) is 0 Å². The van der Waals surface area contributed by atoms with Crippen molar-refractivity contribution in [2.45, 2.75) is 75.5 Å². The molecule has 0 aromatic heterocycles. The van der Waals surface area contributed by atoms with Crippen LogP contribution in [0.3, 0.4) is 0 Å². The molecule has 17 nitrogen and oxygen atoms in total. The summed E-state index contributed by atoms with van der Waals surface area (Å²) in [5.74, 6) is -5.70. The Labute approximate surface area is 219 Å². The molecule has 4 unspecified atom stereocenters. The first-order valence-electron chi connectivity index (χ1n) is 12.0. The normalized spacial score (nSPS) is 13.7. The summed E-state index contributed by atoms with van der Waals surface area (Å²) < 4.78 is 0. The molecule has 0 rings (SSSR count). The van der Waals surface area contributed by atoms with Gasteiger partial charge < -0.3 is 55.5 Å². The largest absolute Gasteiger partial charge is 0.480 e. The number of aliphatic carboxylic acids is 1. The molecule has 0 aromatic carbocycles. The minimum Gasteiger partial charge on any atom is -0.480 e.